The average molecular weight is 262 g/mol. The molecule has 0 atom stereocenters. The second-order valence-electron chi connectivity index (χ2n) is 2.90. The highest BCUT2D eigenvalue weighted by Gasteiger charge is 2.10. The molecule has 0 aliphatic heterocycles. The normalized spacial score (nSPS) is 10.1. The summed E-state index contributed by atoms with van der Waals surface area (Å²) in [5.74, 6) is -2.15. The van der Waals surface area contributed by atoms with Crippen LogP contribution in [-0.4, -0.2) is 31.5 Å². The standard InChI is InChI=1S/C9H8O3.H3O4P/c10-8(9(11)12)6-7-4-2-1-3-5-7;1-5(2,3)4/h1-5H,6H2,(H,11,12);(H3,1,2,3,4). The van der Waals surface area contributed by atoms with E-state index >= 15 is 0 Å². The third-order valence-corrected chi connectivity index (χ3v) is 1.45. The summed E-state index contributed by atoms with van der Waals surface area (Å²) in [6.45, 7) is 0. The SMILES string of the molecule is O=C(O)C(=O)Cc1ccccc1.O=P(O)(O)O. The van der Waals surface area contributed by atoms with Gasteiger partial charge in [0.15, 0.2) is 0 Å². The van der Waals surface area contributed by atoms with Gasteiger partial charge in [-0.3, -0.25) is 4.79 Å². The molecule has 17 heavy (non-hydrogen) atoms. The quantitative estimate of drug-likeness (QED) is 0.443. The van der Waals surface area contributed by atoms with Gasteiger partial charge in [0.2, 0.25) is 5.78 Å². The monoisotopic (exact) mass is 262 g/mol. The molecule has 0 aliphatic rings. The van der Waals surface area contributed by atoms with Crippen LogP contribution in [0.5, 0.6) is 0 Å². The van der Waals surface area contributed by atoms with Gasteiger partial charge in [-0.15, -0.1) is 0 Å². The Morgan fingerprint density at radius 2 is 1.47 bits per heavy atom. The van der Waals surface area contributed by atoms with Crippen LogP contribution in [0.3, 0.4) is 0 Å². The molecule has 0 aromatic heterocycles. The molecule has 94 valence electrons. The van der Waals surface area contributed by atoms with Crippen LogP contribution in [-0.2, 0) is 20.6 Å². The first-order valence-corrected chi connectivity index (χ1v) is 5.85. The van der Waals surface area contributed by atoms with Crippen molar-refractivity contribution >= 4 is 19.6 Å². The molecule has 7 nitrogen and oxygen atoms in total. The smallest absolute Gasteiger partial charge is 0.466 e. The fourth-order valence-electron chi connectivity index (χ4n) is 0.857. The topological polar surface area (TPSA) is 132 Å². The molecule has 0 amide bonds. The minimum atomic E-state index is -4.64. The Labute approximate surface area is 96.6 Å². The number of carboxylic acids is 1. The maximum atomic E-state index is 10.7. The molecule has 0 unspecified atom stereocenters. The van der Waals surface area contributed by atoms with Crippen molar-refractivity contribution < 1.29 is 33.9 Å². The van der Waals surface area contributed by atoms with Crippen LogP contribution in [0.25, 0.3) is 0 Å². The lowest BCUT2D eigenvalue weighted by Gasteiger charge is -1.94. The molecular weight excluding hydrogens is 251 g/mol. The summed E-state index contributed by atoms with van der Waals surface area (Å²) < 4.78 is 8.88. The second kappa shape index (κ2) is 6.93. The molecule has 0 bridgehead atoms. The van der Waals surface area contributed by atoms with Crippen LogP contribution < -0.4 is 0 Å². The van der Waals surface area contributed by atoms with Crippen molar-refractivity contribution in [2.24, 2.45) is 0 Å². The number of carbonyl (C=O) groups excluding carboxylic acids is 1. The Morgan fingerprint density at radius 1 is 1.06 bits per heavy atom. The fraction of sp³-hybridized carbons (Fsp3) is 0.111. The van der Waals surface area contributed by atoms with E-state index in [2.05, 4.69) is 0 Å². The van der Waals surface area contributed by atoms with Gasteiger partial charge < -0.3 is 19.8 Å². The molecular formula is C9H11O7P. The number of phosphoric acid groups is 1. The van der Waals surface area contributed by atoms with Crippen LogP contribution in [0.1, 0.15) is 5.56 Å². The Balaban J connectivity index is 0.000000437. The zero-order valence-electron chi connectivity index (χ0n) is 8.55. The number of benzene rings is 1. The highest BCUT2D eigenvalue weighted by molar-refractivity contribution is 7.45. The first kappa shape index (κ1) is 15.5. The number of rotatable bonds is 3. The van der Waals surface area contributed by atoms with Gasteiger partial charge in [-0.1, -0.05) is 30.3 Å². The van der Waals surface area contributed by atoms with E-state index in [0.29, 0.717) is 0 Å². The van der Waals surface area contributed by atoms with Crippen LogP contribution in [0, 0.1) is 0 Å². The highest BCUT2D eigenvalue weighted by Crippen LogP contribution is 2.25. The van der Waals surface area contributed by atoms with Crippen molar-refractivity contribution in [3.05, 3.63) is 35.9 Å². The van der Waals surface area contributed by atoms with Crippen LogP contribution in [0.2, 0.25) is 0 Å². The Morgan fingerprint density at radius 3 is 1.82 bits per heavy atom. The molecule has 4 N–H and O–H groups in total. The van der Waals surface area contributed by atoms with Gasteiger partial charge in [-0.25, -0.2) is 9.36 Å². The summed E-state index contributed by atoms with van der Waals surface area (Å²) in [4.78, 5) is 42.4. The molecule has 0 saturated carbocycles. The van der Waals surface area contributed by atoms with Gasteiger partial charge >= 0.3 is 13.8 Å². The minimum Gasteiger partial charge on any atom is -0.475 e. The van der Waals surface area contributed by atoms with Crippen molar-refractivity contribution in [3.63, 3.8) is 0 Å². The van der Waals surface area contributed by atoms with Crippen molar-refractivity contribution in [3.8, 4) is 0 Å². The molecule has 0 saturated heterocycles. The number of hydrogen-bond donors (Lipinski definition) is 4. The summed E-state index contributed by atoms with van der Waals surface area (Å²) in [6, 6.07) is 8.80. The maximum absolute atomic E-state index is 10.7. The number of aliphatic carboxylic acids is 1. The molecule has 0 spiro atoms. The van der Waals surface area contributed by atoms with Crippen molar-refractivity contribution in [2.45, 2.75) is 6.42 Å². The first-order chi connectivity index (χ1) is 7.70. The predicted molar refractivity (Wildman–Crippen MR) is 57.1 cm³/mol. The van der Waals surface area contributed by atoms with E-state index in [4.69, 9.17) is 24.4 Å². The number of ketones is 1. The molecule has 0 fully saturated rings. The van der Waals surface area contributed by atoms with E-state index in [1.54, 1.807) is 24.3 Å². The number of hydrogen-bond acceptors (Lipinski definition) is 3. The molecule has 0 aliphatic carbocycles. The van der Waals surface area contributed by atoms with Crippen LogP contribution in [0.4, 0.5) is 0 Å². The largest absolute Gasteiger partial charge is 0.475 e. The zero-order valence-corrected chi connectivity index (χ0v) is 9.45. The number of carboxylic acid groups (broad SMARTS) is 1. The maximum Gasteiger partial charge on any atom is 0.466 e. The van der Waals surface area contributed by atoms with E-state index in [9.17, 15) is 9.59 Å². The third kappa shape index (κ3) is 10.7. The van der Waals surface area contributed by atoms with Gasteiger partial charge in [0.05, 0.1) is 0 Å². The molecule has 0 heterocycles. The first-order valence-electron chi connectivity index (χ1n) is 4.28. The number of Topliss-reactive ketones (excluding diaryl/α,β-unsaturated/α-hetero) is 1. The predicted octanol–water partition coefficient (Wildman–Crippen LogP) is -0.0458. The van der Waals surface area contributed by atoms with E-state index in [0.717, 1.165) is 5.56 Å². The molecule has 1 aromatic carbocycles. The van der Waals surface area contributed by atoms with Crippen LogP contribution >= 0.6 is 7.82 Å². The summed E-state index contributed by atoms with van der Waals surface area (Å²) in [6.07, 6.45) is -0.0316. The van der Waals surface area contributed by atoms with Crippen LogP contribution in [0.15, 0.2) is 30.3 Å². The van der Waals surface area contributed by atoms with E-state index in [1.165, 1.54) is 0 Å². The highest BCUT2D eigenvalue weighted by atomic mass is 31.2. The van der Waals surface area contributed by atoms with Gasteiger partial charge in [0, 0.05) is 6.42 Å². The number of carbonyl (C=O) groups is 2. The lowest BCUT2D eigenvalue weighted by Crippen LogP contribution is -2.14. The molecule has 8 heteroatoms. The van der Waals surface area contributed by atoms with Crippen molar-refractivity contribution in [2.75, 3.05) is 0 Å². The Kier molecular flexibility index (Phi) is 6.30. The summed E-state index contributed by atoms with van der Waals surface area (Å²) in [5.41, 5.74) is 0.727. The molecule has 1 aromatic rings. The third-order valence-electron chi connectivity index (χ3n) is 1.45. The Bertz CT molecular complexity index is 414. The lowest BCUT2D eigenvalue weighted by atomic mass is 10.1. The molecule has 1 rings (SSSR count). The summed E-state index contributed by atoms with van der Waals surface area (Å²) >= 11 is 0. The van der Waals surface area contributed by atoms with Gasteiger partial charge in [0.1, 0.15) is 0 Å². The Hall–Kier alpha value is -1.53. The zero-order chi connectivity index (χ0) is 13.5. The lowest BCUT2D eigenvalue weighted by molar-refractivity contribution is -0.148. The van der Waals surface area contributed by atoms with Gasteiger partial charge in [-0.2, -0.15) is 0 Å². The van der Waals surface area contributed by atoms with Crippen molar-refractivity contribution in [1.29, 1.82) is 0 Å². The van der Waals surface area contributed by atoms with E-state index < -0.39 is 19.6 Å². The fourth-order valence-corrected chi connectivity index (χ4v) is 0.857. The van der Waals surface area contributed by atoms with E-state index in [1.807, 2.05) is 6.07 Å². The second-order valence-corrected chi connectivity index (χ2v) is 3.93. The van der Waals surface area contributed by atoms with Gasteiger partial charge in [-0.05, 0) is 5.56 Å². The summed E-state index contributed by atoms with van der Waals surface area (Å²) in [5, 5.41) is 8.29. The minimum absolute atomic E-state index is 0.0316. The van der Waals surface area contributed by atoms with Gasteiger partial charge in [0.25, 0.3) is 0 Å². The van der Waals surface area contributed by atoms with Crippen molar-refractivity contribution in [1.82, 2.24) is 0 Å². The summed E-state index contributed by atoms with van der Waals surface area (Å²) in [7, 11) is -4.64. The molecule has 0 radical (unpaired) electrons. The average Bonchev–Trinajstić information content (AvgIpc) is 2.16. The van der Waals surface area contributed by atoms with E-state index in [-0.39, 0.29) is 6.42 Å².